The Morgan fingerprint density at radius 2 is 1.95 bits per heavy atom. The van der Waals surface area contributed by atoms with Crippen molar-refractivity contribution in [1.82, 2.24) is 5.32 Å². The van der Waals surface area contributed by atoms with Crippen LogP contribution in [0.3, 0.4) is 0 Å². The van der Waals surface area contributed by atoms with Gasteiger partial charge in [-0.15, -0.1) is 0 Å². The monoisotopic (exact) mass is 325 g/mol. The molecule has 1 saturated heterocycles. The second kappa shape index (κ2) is 6.67. The number of hydrogen-bond donors (Lipinski definition) is 2. The number of hydrogen-bond acceptors (Lipinski definition) is 3. The minimum Gasteiger partial charge on any atom is -0.480 e. The average molecular weight is 326 g/mol. The van der Waals surface area contributed by atoms with E-state index >= 15 is 0 Å². The fourth-order valence-corrected chi connectivity index (χ4v) is 2.94. The number of halogens is 1. The van der Waals surface area contributed by atoms with Gasteiger partial charge >= 0.3 is 5.97 Å². The lowest BCUT2D eigenvalue weighted by Gasteiger charge is -2.33. The molecule has 0 spiro atoms. The Morgan fingerprint density at radius 1 is 1.32 bits per heavy atom. The van der Waals surface area contributed by atoms with Crippen LogP contribution in [0.1, 0.15) is 48.5 Å². The van der Waals surface area contributed by atoms with Crippen molar-refractivity contribution in [2.24, 2.45) is 0 Å². The van der Waals surface area contributed by atoms with Gasteiger partial charge in [-0.1, -0.05) is 31.5 Å². The lowest BCUT2D eigenvalue weighted by molar-refractivity contribution is -0.148. The molecule has 0 saturated carbocycles. The summed E-state index contributed by atoms with van der Waals surface area (Å²) in [5.41, 5.74) is 0.0529. The van der Waals surface area contributed by atoms with Crippen LogP contribution >= 0.6 is 11.6 Å². The van der Waals surface area contributed by atoms with Crippen molar-refractivity contribution in [2.45, 2.75) is 38.1 Å². The lowest BCUT2D eigenvalue weighted by Crippen LogP contribution is -2.57. The van der Waals surface area contributed by atoms with Crippen LogP contribution in [0, 0.1) is 0 Å². The van der Waals surface area contributed by atoms with Crippen LogP contribution < -0.4 is 5.32 Å². The average Bonchev–Trinajstić information content (AvgIpc) is 2.47. The molecule has 1 heterocycles. The standard InChI is InChI=1S/C16H20ClNO4/c1-10(2)12-4-3-11(9-13(12)17)14(19)18-16(15(20)21)5-7-22-8-6-16/h3-4,9-10H,5-8H2,1-2H3,(H,18,19)(H,20,21). The molecule has 0 aromatic heterocycles. The second-order valence-corrected chi connectivity index (χ2v) is 6.25. The first-order valence-electron chi connectivity index (χ1n) is 7.29. The Balaban J connectivity index is 2.20. The van der Waals surface area contributed by atoms with E-state index in [-0.39, 0.29) is 18.8 Å². The molecule has 5 nitrogen and oxygen atoms in total. The molecule has 2 N–H and O–H groups in total. The molecule has 6 heteroatoms. The first-order chi connectivity index (χ1) is 10.4. The molecule has 1 aromatic rings. The summed E-state index contributed by atoms with van der Waals surface area (Å²) in [6, 6.07) is 5.06. The van der Waals surface area contributed by atoms with Gasteiger partial charge in [0.1, 0.15) is 5.54 Å². The van der Waals surface area contributed by atoms with Crippen LogP contribution in [0.2, 0.25) is 5.02 Å². The highest BCUT2D eigenvalue weighted by Gasteiger charge is 2.41. The van der Waals surface area contributed by atoms with Crippen LogP contribution in [-0.2, 0) is 9.53 Å². The molecular weight excluding hydrogens is 306 g/mol. The van der Waals surface area contributed by atoms with E-state index in [4.69, 9.17) is 16.3 Å². The van der Waals surface area contributed by atoms with Crippen molar-refractivity contribution in [1.29, 1.82) is 0 Å². The summed E-state index contributed by atoms with van der Waals surface area (Å²) in [6.07, 6.45) is 0.512. The smallest absolute Gasteiger partial charge is 0.329 e. The number of aliphatic carboxylic acids is 1. The molecule has 1 amide bonds. The molecule has 0 atom stereocenters. The minimum absolute atomic E-state index is 0.255. The topological polar surface area (TPSA) is 75.6 Å². The van der Waals surface area contributed by atoms with Gasteiger partial charge in [0.05, 0.1) is 0 Å². The van der Waals surface area contributed by atoms with E-state index in [1.807, 2.05) is 13.8 Å². The van der Waals surface area contributed by atoms with Gasteiger partial charge in [0.25, 0.3) is 5.91 Å². The van der Waals surface area contributed by atoms with E-state index in [1.54, 1.807) is 18.2 Å². The zero-order chi connectivity index (χ0) is 16.3. The Bertz CT molecular complexity index is 580. The van der Waals surface area contributed by atoms with Crippen LogP contribution in [0.25, 0.3) is 0 Å². The van der Waals surface area contributed by atoms with E-state index in [1.165, 1.54) is 0 Å². The number of amides is 1. The first kappa shape index (κ1) is 16.8. The van der Waals surface area contributed by atoms with E-state index in [0.29, 0.717) is 23.8 Å². The van der Waals surface area contributed by atoms with Gasteiger partial charge < -0.3 is 15.2 Å². The highest BCUT2D eigenvalue weighted by Crippen LogP contribution is 2.26. The van der Waals surface area contributed by atoms with Crippen LogP contribution in [0.5, 0.6) is 0 Å². The number of rotatable bonds is 4. The number of carboxylic acid groups (broad SMARTS) is 1. The highest BCUT2D eigenvalue weighted by atomic mass is 35.5. The Kier molecular flexibility index (Phi) is 5.08. The molecule has 0 bridgehead atoms. The summed E-state index contributed by atoms with van der Waals surface area (Å²) < 4.78 is 5.19. The third-order valence-corrected chi connectivity index (χ3v) is 4.32. The number of carboxylic acids is 1. The first-order valence-corrected chi connectivity index (χ1v) is 7.66. The highest BCUT2D eigenvalue weighted by molar-refractivity contribution is 6.31. The quantitative estimate of drug-likeness (QED) is 0.892. The van der Waals surface area contributed by atoms with Gasteiger partial charge in [-0.05, 0) is 23.6 Å². The lowest BCUT2D eigenvalue weighted by atomic mass is 9.89. The Hall–Kier alpha value is -1.59. The summed E-state index contributed by atoms with van der Waals surface area (Å²) >= 11 is 6.19. The van der Waals surface area contributed by atoms with E-state index in [0.717, 1.165) is 5.56 Å². The van der Waals surface area contributed by atoms with Crippen molar-refractivity contribution < 1.29 is 19.4 Å². The zero-order valence-electron chi connectivity index (χ0n) is 12.7. The fourth-order valence-electron chi connectivity index (χ4n) is 2.54. The SMILES string of the molecule is CC(C)c1ccc(C(=O)NC2(C(=O)O)CCOCC2)cc1Cl. The number of carbonyl (C=O) groups is 2. The molecule has 120 valence electrons. The predicted octanol–water partition coefficient (Wildman–Crippen LogP) is 2.83. The van der Waals surface area contributed by atoms with E-state index in [2.05, 4.69) is 5.32 Å². The predicted molar refractivity (Wildman–Crippen MR) is 83.4 cm³/mol. The molecule has 0 radical (unpaired) electrons. The molecule has 2 rings (SSSR count). The summed E-state index contributed by atoms with van der Waals surface area (Å²) in [5, 5.41) is 12.6. The molecule has 1 aromatic carbocycles. The summed E-state index contributed by atoms with van der Waals surface area (Å²) in [4.78, 5) is 23.9. The minimum atomic E-state index is -1.27. The third kappa shape index (κ3) is 3.42. The molecule has 1 fully saturated rings. The van der Waals surface area contributed by atoms with Crippen LogP contribution in [0.15, 0.2) is 18.2 Å². The Morgan fingerprint density at radius 3 is 2.45 bits per heavy atom. The Labute approximate surface area is 134 Å². The number of nitrogens with one attached hydrogen (secondary N) is 1. The molecular formula is C16H20ClNO4. The van der Waals surface area contributed by atoms with Crippen molar-refractivity contribution >= 4 is 23.5 Å². The van der Waals surface area contributed by atoms with Crippen molar-refractivity contribution in [3.63, 3.8) is 0 Å². The van der Waals surface area contributed by atoms with Crippen LogP contribution in [-0.4, -0.2) is 35.7 Å². The molecule has 0 aliphatic carbocycles. The molecule has 0 unspecified atom stereocenters. The molecule has 1 aliphatic rings. The zero-order valence-corrected chi connectivity index (χ0v) is 13.4. The largest absolute Gasteiger partial charge is 0.480 e. The van der Waals surface area contributed by atoms with Gasteiger partial charge in [0.15, 0.2) is 0 Å². The van der Waals surface area contributed by atoms with Gasteiger partial charge in [-0.3, -0.25) is 4.79 Å². The summed E-state index contributed by atoms with van der Waals surface area (Å²) in [6.45, 7) is 4.67. The van der Waals surface area contributed by atoms with Crippen molar-refractivity contribution in [3.05, 3.63) is 34.3 Å². The summed E-state index contributed by atoms with van der Waals surface area (Å²) in [5.74, 6) is -1.21. The molecule has 22 heavy (non-hydrogen) atoms. The van der Waals surface area contributed by atoms with Gasteiger partial charge in [-0.2, -0.15) is 0 Å². The van der Waals surface area contributed by atoms with Crippen LogP contribution in [0.4, 0.5) is 0 Å². The maximum Gasteiger partial charge on any atom is 0.329 e. The summed E-state index contributed by atoms with van der Waals surface area (Å²) in [7, 11) is 0. The normalized spacial score (nSPS) is 17.3. The van der Waals surface area contributed by atoms with E-state index < -0.39 is 17.4 Å². The number of benzene rings is 1. The van der Waals surface area contributed by atoms with E-state index in [9.17, 15) is 14.7 Å². The third-order valence-electron chi connectivity index (χ3n) is 3.99. The maximum absolute atomic E-state index is 12.4. The second-order valence-electron chi connectivity index (χ2n) is 5.84. The maximum atomic E-state index is 12.4. The molecule has 1 aliphatic heterocycles. The number of carbonyl (C=O) groups excluding carboxylic acids is 1. The number of ether oxygens (including phenoxy) is 1. The van der Waals surface area contributed by atoms with Gasteiger partial charge in [0.2, 0.25) is 0 Å². The van der Waals surface area contributed by atoms with Gasteiger partial charge in [0, 0.05) is 36.6 Å². The fraction of sp³-hybridized carbons (Fsp3) is 0.500. The van der Waals surface area contributed by atoms with Crippen molar-refractivity contribution in [3.8, 4) is 0 Å². The van der Waals surface area contributed by atoms with Gasteiger partial charge in [-0.25, -0.2) is 4.79 Å². The van der Waals surface area contributed by atoms with Crippen molar-refractivity contribution in [2.75, 3.05) is 13.2 Å².